The van der Waals surface area contributed by atoms with Gasteiger partial charge in [-0.25, -0.2) is 15.0 Å². The fraction of sp³-hybridized carbons (Fsp3) is 0.300. The van der Waals surface area contributed by atoms with E-state index in [0.717, 1.165) is 11.4 Å². The zero-order chi connectivity index (χ0) is 24.5. The second kappa shape index (κ2) is 7.66. The standard InChI is InChI=1S/C20H22N8/c1-26(2)18-7-8-27(12-18)16-3-5-17(6-4-16)28-13-20(24-14-28)25-19-11-22-15(9-21)10-23-19/h3-6,10-11,13-14,18H,7-8,12H2,1-2H3,(H,23,25)/t18-/m1/s1/i1D3,2D3. The SMILES string of the molecule is [2H]C([2H])([2H])N([C@@H]1CCN(c2ccc(-n3cnc(Nc4cnc(C#N)cn4)c3)cc2)C1)C([2H])([2H])[2H]. The number of nitriles is 1. The fourth-order valence-electron chi connectivity index (χ4n) is 3.13. The van der Waals surface area contributed by atoms with E-state index < -0.39 is 20.0 Å². The van der Waals surface area contributed by atoms with Crippen LogP contribution < -0.4 is 10.2 Å². The molecule has 3 aromatic rings. The van der Waals surface area contributed by atoms with Gasteiger partial charge in [-0.2, -0.15) is 5.26 Å². The van der Waals surface area contributed by atoms with Crippen molar-refractivity contribution in [3.05, 3.63) is 54.9 Å². The highest BCUT2D eigenvalue weighted by Gasteiger charge is 2.23. The van der Waals surface area contributed by atoms with Crippen LogP contribution in [0.15, 0.2) is 49.2 Å². The molecular formula is C20H22N8. The average Bonchev–Trinajstić information content (AvgIpc) is 3.42. The second-order valence-electron chi connectivity index (χ2n) is 6.46. The van der Waals surface area contributed by atoms with Gasteiger partial charge in [0.15, 0.2) is 5.69 Å². The topological polar surface area (TPSA) is 85.9 Å². The van der Waals surface area contributed by atoms with Crippen LogP contribution >= 0.6 is 0 Å². The molecule has 4 rings (SSSR count). The summed E-state index contributed by atoms with van der Waals surface area (Å²) in [4.78, 5) is 15.0. The number of benzene rings is 1. The number of hydrogen-bond donors (Lipinski definition) is 1. The molecular weight excluding hydrogens is 352 g/mol. The Hall–Kier alpha value is -3.44. The van der Waals surface area contributed by atoms with Gasteiger partial charge in [0.25, 0.3) is 0 Å². The van der Waals surface area contributed by atoms with Gasteiger partial charge in [-0.1, -0.05) is 0 Å². The van der Waals surface area contributed by atoms with Crippen molar-refractivity contribution in [2.75, 3.05) is 37.3 Å². The summed E-state index contributed by atoms with van der Waals surface area (Å²) in [6.07, 6.45) is 6.70. The van der Waals surface area contributed by atoms with Gasteiger partial charge >= 0.3 is 0 Å². The fourth-order valence-corrected chi connectivity index (χ4v) is 3.13. The number of likely N-dealkylation sites (N-methyl/N-ethyl adjacent to an activating group) is 1. The molecule has 2 aromatic heterocycles. The lowest BCUT2D eigenvalue weighted by atomic mass is 10.2. The van der Waals surface area contributed by atoms with E-state index in [1.807, 2.05) is 39.8 Å². The molecule has 1 aliphatic rings. The van der Waals surface area contributed by atoms with Gasteiger partial charge in [-0.3, -0.25) is 0 Å². The summed E-state index contributed by atoms with van der Waals surface area (Å²) in [5.41, 5.74) is 1.97. The van der Waals surface area contributed by atoms with Crippen LogP contribution in [0.25, 0.3) is 5.69 Å². The van der Waals surface area contributed by atoms with Gasteiger partial charge < -0.3 is 19.7 Å². The quantitative estimate of drug-likeness (QED) is 0.727. The molecule has 1 fully saturated rings. The van der Waals surface area contributed by atoms with E-state index in [1.165, 1.54) is 12.4 Å². The highest BCUT2D eigenvalue weighted by molar-refractivity contribution is 5.54. The van der Waals surface area contributed by atoms with Crippen molar-refractivity contribution in [1.29, 1.82) is 5.26 Å². The largest absolute Gasteiger partial charge is 0.370 e. The lowest BCUT2D eigenvalue weighted by molar-refractivity contribution is 0.315. The maximum absolute atomic E-state index is 8.80. The molecule has 8 nitrogen and oxygen atoms in total. The van der Waals surface area contributed by atoms with Crippen LogP contribution in [-0.2, 0) is 0 Å². The third-order valence-electron chi connectivity index (χ3n) is 4.65. The Balaban J connectivity index is 1.42. The Morgan fingerprint density at radius 3 is 2.68 bits per heavy atom. The molecule has 1 saturated heterocycles. The predicted molar refractivity (Wildman–Crippen MR) is 108 cm³/mol. The molecule has 1 atom stereocenters. The Morgan fingerprint density at radius 2 is 1.96 bits per heavy atom. The Kier molecular flexibility index (Phi) is 3.31. The highest BCUT2D eigenvalue weighted by Crippen LogP contribution is 2.24. The van der Waals surface area contributed by atoms with E-state index in [1.54, 1.807) is 12.5 Å². The van der Waals surface area contributed by atoms with Gasteiger partial charge in [0.2, 0.25) is 0 Å². The maximum Gasteiger partial charge on any atom is 0.158 e. The van der Waals surface area contributed by atoms with Crippen molar-refractivity contribution in [2.24, 2.45) is 0 Å². The van der Waals surface area contributed by atoms with Crippen LogP contribution in [0.3, 0.4) is 0 Å². The molecule has 0 amide bonds. The molecule has 8 heteroatoms. The molecule has 0 unspecified atom stereocenters. The van der Waals surface area contributed by atoms with Gasteiger partial charge in [0.1, 0.15) is 24.0 Å². The number of nitrogens with zero attached hydrogens (tertiary/aromatic N) is 7. The molecule has 0 radical (unpaired) electrons. The van der Waals surface area contributed by atoms with Crippen LogP contribution in [0.2, 0.25) is 0 Å². The van der Waals surface area contributed by atoms with Crippen molar-refractivity contribution >= 4 is 17.3 Å². The summed E-state index contributed by atoms with van der Waals surface area (Å²) in [6.45, 7) is -4.49. The lowest BCUT2D eigenvalue weighted by Crippen LogP contribution is -2.31. The zero-order valence-electron chi connectivity index (χ0n) is 20.9. The summed E-state index contributed by atoms with van der Waals surface area (Å²) < 4.78 is 47.7. The Bertz CT molecular complexity index is 1150. The number of rotatable bonds is 5. The number of aromatic nitrogens is 4. The molecule has 28 heavy (non-hydrogen) atoms. The van der Waals surface area contributed by atoms with Gasteiger partial charge in [0.05, 0.1) is 18.6 Å². The van der Waals surface area contributed by atoms with E-state index in [4.69, 9.17) is 13.5 Å². The number of anilines is 3. The number of imidazole rings is 1. The van der Waals surface area contributed by atoms with Crippen LogP contribution in [0.4, 0.5) is 17.3 Å². The van der Waals surface area contributed by atoms with E-state index in [2.05, 4.69) is 20.3 Å². The van der Waals surface area contributed by atoms with Crippen molar-refractivity contribution < 1.29 is 8.22 Å². The van der Waals surface area contributed by atoms with Gasteiger partial charge in [0, 0.05) is 38.7 Å². The predicted octanol–water partition coefficient (Wildman–Crippen LogP) is 2.42. The van der Waals surface area contributed by atoms with Gasteiger partial charge in [-0.05, 0) is 44.6 Å². The monoisotopic (exact) mass is 380 g/mol. The minimum absolute atomic E-state index is 0.227. The molecule has 1 aromatic carbocycles. The van der Waals surface area contributed by atoms with E-state index in [-0.39, 0.29) is 5.69 Å². The Morgan fingerprint density at radius 1 is 1.14 bits per heavy atom. The number of hydrogen-bond acceptors (Lipinski definition) is 7. The van der Waals surface area contributed by atoms with Gasteiger partial charge in [-0.15, -0.1) is 0 Å². The molecule has 142 valence electrons. The maximum atomic E-state index is 8.80. The molecule has 1 aliphatic heterocycles. The third-order valence-corrected chi connectivity index (χ3v) is 4.65. The van der Waals surface area contributed by atoms with E-state index in [9.17, 15) is 0 Å². The third kappa shape index (κ3) is 3.80. The first-order chi connectivity index (χ1) is 16.0. The van der Waals surface area contributed by atoms with Crippen molar-refractivity contribution in [3.8, 4) is 11.8 Å². The lowest BCUT2D eigenvalue weighted by Gasteiger charge is -2.22. The summed E-state index contributed by atoms with van der Waals surface area (Å²) in [5, 5.41) is 11.8. The summed E-state index contributed by atoms with van der Waals surface area (Å²) in [7, 11) is 0. The van der Waals surface area contributed by atoms with E-state index >= 15 is 0 Å². The number of nitrogens with one attached hydrogen (secondary N) is 1. The average molecular weight is 380 g/mol. The smallest absolute Gasteiger partial charge is 0.158 e. The normalized spacial score (nSPS) is 20.4. The van der Waals surface area contributed by atoms with Crippen LogP contribution in [-0.4, -0.2) is 57.5 Å². The van der Waals surface area contributed by atoms with Crippen molar-refractivity contribution in [2.45, 2.75) is 12.5 Å². The zero-order valence-corrected chi connectivity index (χ0v) is 14.9. The van der Waals surface area contributed by atoms with Crippen LogP contribution in [0.5, 0.6) is 0 Å². The van der Waals surface area contributed by atoms with Crippen LogP contribution in [0, 0.1) is 11.3 Å². The van der Waals surface area contributed by atoms with Crippen molar-refractivity contribution in [3.63, 3.8) is 0 Å². The first kappa shape index (κ1) is 12.1. The first-order valence-corrected chi connectivity index (χ1v) is 8.72. The molecule has 3 heterocycles. The molecule has 0 saturated carbocycles. The molecule has 0 aliphatic carbocycles. The minimum Gasteiger partial charge on any atom is -0.370 e. The van der Waals surface area contributed by atoms with E-state index in [0.29, 0.717) is 36.0 Å². The first-order valence-electron chi connectivity index (χ1n) is 11.7. The molecule has 0 bridgehead atoms. The molecule has 1 N–H and O–H groups in total. The van der Waals surface area contributed by atoms with Crippen LogP contribution in [0.1, 0.15) is 20.3 Å². The Labute approximate surface area is 172 Å². The summed E-state index contributed by atoms with van der Waals surface area (Å²) >= 11 is 0. The highest BCUT2D eigenvalue weighted by atomic mass is 15.2. The summed E-state index contributed by atoms with van der Waals surface area (Å²) in [5.74, 6) is 1.02. The summed E-state index contributed by atoms with van der Waals surface area (Å²) in [6, 6.07) is 8.95. The minimum atomic E-state index is -2.69. The molecule has 0 spiro atoms. The van der Waals surface area contributed by atoms with Crippen molar-refractivity contribution in [1.82, 2.24) is 24.4 Å². The second-order valence-corrected chi connectivity index (χ2v) is 6.46.